The average Bonchev–Trinajstić information content (AvgIpc) is 3.33. The van der Waals surface area contributed by atoms with E-state index in [1.165, 1.54) is 38.7 Å². The number of para-hydroxylation sites is 1. The number of anilines is 1. The predicted octanol–water partition coefficient (Wildman–Crippen LogP) is 3.90. The van der Waals surface area contributed by atoms with Crippen LogP contribution in [0.5, 0.6) is 11.5 Å². The van der Waals surface area contributed by atoms with E-state index < -0.39 is 24.3 Å². The number of carbonyl (C=O) groups excluding carboxylic acids is 3. The molecule has 0 unspecified atom stereocenters. The van der Waals surface area contributed by atoms with Crippen molar-refractivity contribution < 1.29 is 33.0 Å². The van der Waals surface area contributed by atoms with Crippen LogP contribution in [0.25, 0.3) is 0 Å². The molecule has 1 N–H and O–H groups in total. The van der Waals surface area contributed by atoms with E-state index in [9.17, 15) is 14.4 Å². The standard InChI is InChI=1S/C23H21NO7/c1-14-6-4-7-17(21(14)24-22(26)19-8-5-11-30-19)23(27)31-13-18(25)16-10-9-15(28-2)12-20(16)29-3/h4-12H,13H2,1-3H3,(H,24,26). The maximum atomic E-state index is 12.7. The molecule has 0 saturated carbocycles. The third-order valence-electron chi connectivity index (χ3n) is 4.52. The minimum absolute atomic E-state index is 0.101. The summed E-state index contributed by atoms with van der Waals surface area (Å²) >= 11 is 0. The number of esters is 1. The molecule has 0 bridgehead atoms. The van der Waals surface area contributed by atoms with Crippen molar-refractivity contribution in [1.82, 2.24) is 0 Å². The highest BCUT2D eigenvalue weighted by Gasteiger charge is 2.21. The van der Waals surface area contributed by atoms with Crippen LogP contribution in [0.15, 0.2) is 59.2 Å². The number of methoxy groups -OCH3 is 2. The lowest BCUT2D eigenvalue weighted by Crippen LogP contribution is -2.19. The molecule has 8 nitrogen and oxygen atoms in total. The van der Waals surface area contributed by atoms with E-state index in [0.717, 1.165) is 0 Å². The Morgan fingerprint density at radius 3 is 2.45 bits per heavy atom. The first-order valence-electron chi connectivity index (χ1n) is 9.31. The maximum Gasteiger partial charge on any atom is 0.340 e. The summed E-state index contributed by atoms with van der Waals surface area (Å²) in [6.45, 7) is 1.24. The van der Waals surface area contributed by atoms with Crippen molar-refractivity contribution in [3.8, 4) is 11.5 Å². The Kier molecular flexibility index (Phi) is 6.71. The molecular weight excluding hydrogens is 402 g/mol. The van der Waals surface area contributed by atoms with Crippen LogP contribution in [0.1, 0.15) is 36.8 Å². The summed E-state index contributed by atoms with van der Waals surface area (Å²) in [7, 11) is 2.93. The lowest BCUT2D eigenvalue weighted by Gasteiger charge is -2.13. The number of ketones is 1. The third kappa shape index (κ3) is 4.92. The van der Waals surface area contributed by atoms with E-state index >= 15 is 0 Å². The van der Waals surface area contributed by atoms with E-state index in [2.05, 4.69) is 5.32 Å². The number of aryl methyl sites for hydroxylation is 1. The van der Waals surface area contributed by atoms with E-state index in [1.54, 1.807) is 37.3 Å². The van der Waals surface area contributed by atoms with Gasteiger partial charge in [0.15, 0.2) is 12.4 Å². The molecule has 0 atom stereocenters. The van der Waals surface area contributed by atoms with Crippen LogP contribution in [-0.4, -0.2) is 38.5 Å². The molecule has 1 heterocycles. The quantitative estimate of drug-likeness (QED) is 0.433. The fraction of sp³-hybridized carbons (Fsp3) is 0.174. The maximum absolute atomic E-state index is 12.7. The van der Waals surface area contributed by atoms with Gasteiger partial charge in [-0.15, -0.1) is 0 Å². The number of carbonyl (C=O) groups is 3. The topological polar surface area (TPSA) is 104 Å². The second-order valence-corrected chi connectivity index (χ2v) is 6.49. The predicted molar refractivity (Wildman–Crippen MR) is 112 cm³/mol. The molecule has 31 heavy (non-hydrogen) atoms. The van der Waals surface area contributed by atoms with E-state index in [-0.39, 0.29) is 22.6 Å². The van der Waals surface area contributed by atoms with Gasteiger partial charge in [-0.3, -0.25) is 9.59 Å². The van der Waals surface area contributed by atoms with E-state index in [0.29, 0.717) is 17.1 Å². The summed E-state index contributed by atoms with van der Waals surface area (Å²) in [5, 5.41) is 2.66. The van der Waals surface area contributed by atoms with Crippen LogP contribution < -0.4 is 14.8 Å². The lowest BCUT2D eigenvalue weighted by atomic mass is 10.1. The van der Waals surface area contributed by atoms with Gasteiger partial charge in [-0.05, 0) is 42.8 Å². The van der Waals surface area contributed by atoms with Crippen molar-refractivity contribution >= 4 is 23.3 Å². The molecule has 3 rings (SSSR count). The number of furan rings is 1. The Labute approximate surface area is 178 Å². The number of amides is 1. The van der Waals surface area contributed by atoms with Crippen LogP contribution >= 0.6 is 0 Å². The van der Waals surface area contributed by atoms with Crippen molar-refractivity contribution in [2.75, 3.05) is 26.1 Å². The average molecular weight is 423 g/mol. The Balaban J connectivity index is 1.74. The highest BCUT2D eigenvalue weighted by molar-refractivity contribution is 6.08. The second kappa shape index (κ2) is 9.62. The van der Waals surface area contributed by atoms with Gasteiger partial charge in [0.25, 0.3) is 5.91 Å². The monoisotopic (exact) mass is 423 g/mol. The molecule has 2 aromatic carbocycles. The first-order valence-corrected chi connectivity index (χ1v) is 9.31. The van der Waals surface area contributed by atoms with Crippen molar-refractivity contribution in [3.63, 3.8) is 0 Å². The molecule has 160 valence electrons. The number of hydrogen-bond acceptors (Lipinski definition) is 7. The van der Waals surface area contributed by atoms with Gasteiger partial charge in [0.1, 0.15) is 11.5 Å². The molecule has 0 fully saturated rings. The van der Waals surface area contributed by atoms with Gasteiger partial charge in [-0.25, -0.2) is 4.79 Å². The first kappa shape index (κ1) is 21.6. The number of benzene rings is 2. The lowest BCUT2D eigenvalue weighted by molar-refractivity contribution is 0.0475. The van der Waals surface area contributed by atoms with Gasteiger partial charge in [-0.1, -0.05) is 12.1 Å². The van der Waals surface area contributed by atoms with Crippen LogP contribution in [0.2, 0.25) is 0 Å². The summed E-state index contributed by atoms with van der Waals surface area (Å²) in [5.74, 6) is -0.762. The summed E-state index contributed by atoms with van der Waals surface area (Å²) in [4.78, 5) is 37.6. The molecule has 1 amide bonds. The molecule has 0 aliphatic carbocycles. The van der Waals surface area contributed by atoms with E-state index in [1.807, 2.05) is 0 Å². The Morgan fingerprint density at radius 2 is 1.77 bits per heavy atom. The van der Waals surface area contributed by atoms with Crippen LogP contribution in [0.3, 0.4) is 0 Å². The fourth-order valence-electron chi connectivity index (χ4n) is 2.90. The summed E-state index contributed by atoms with van der Waals surface area (Å²) in [5.41, 5.74) is 1.31. The normalized spacial score (nSPS) is 10.3. The zero-order valence-electron chi connectivity index (χ0n) is 17.3. The van der Waals surface area contributed by atoms with Crippen molar-refractivity contribution in [2.45, 2.75) is 6.92 Å². The molecule has 0 aliphatic rings. The van der Waals surface area contributed by atoms with Gasteiger partial charge in [0.2, 0.25) is 5.78 Å². The number of hydrogen-bond donors (Lipinski definition) is 1. The van der Waals surface area contributed by atoms with Gasteiger partial charge in [0, 0.05) is 6.07 Å². The van der Waals surface area contributed by atoms with Gasteiger partial charge in [-0.2, -0.15) is 0 Å². The molecule has 0 saturated heterocycles. The van der Waals surface area contributed by atoms with Crippen LogP contribution in [-0.2, 0) is 4.74 Å². The van der Waals surface area contributed by atoms with Gasteiger partial charge < -0.3 is 23.9 Å². The largest absolute Gasteiger partial charge is 0.497 e. The number of ether oxygens (including phenoxy) is 3. The fourth-order valence-corrected chi connectivity index (χ4v) is 2.90. The summed E-state index contributed by atoms with van der Waals surface area (Å²) in [6.07, 6.45) is 1.38. The van der Waals surface area contributed by atoms with Gasteiger partial charge >= 0.3 is 5.97 Å². The van der Waals surface area contributed by atoms with Crippen molar-refractivity contribution in [2.24, 2.45) is 0 Å². The number of nitrogens with one attached hydrogen (secondary N) is 1. The molecule has 0 aliphatic heterocycles. The molecule has 3 aromatic rings. The first-order chi connectivity index (χ1) is 14.9. The highest BCUT2D eigenvalue weighted by Crippen LogP contribution is 2.26. The van der Waals surface area contributed by atoms with Crippen molar-refractivity contribution in [1.29, 1.82) is 0 Å². The van der Waals surface area contributed by atoms with Gasteiger partial charge in [0.05, 0.1) is 37.3 Å². The third-order valence-corrected chi connectivity index (χ3v) is 4.52. The van der Waals surface area contributed by atoms with Crippen LogP contribution in [0.4, 0.5) is 5.69 Å². The minimum Gasteiger partial charge on any atom is -0.497 e. The summed E-state index contributed by atoms with van der Waals surface area (Å²) in [6, 6.07) is 12.7. The SMILES string of the molecule is COc1ccc(C(=O)COC(=O)c2cccc(C)c2NC(=O)c2ccco2)c(OC)c1. The zero-order chi connectivity index (χ0) is 22.4. The smallest absolute Gasteiger partial charge is 0.340 e. The molecule has 1 aromatic heterocycles. The van der Waals surface area contributed by atoms with Crippen molar-refractivity contribution in [3.05, 3.63) is 77.2 Å². The molecule has 0 spiro atoms. The van der Waals surface area contributed by atoms with Crippen LogP contribution in [0, 0.1) is 6.92 Å². The highest BCUT2D eigenvalue weighted by atomic mass is 16.5. The summed E-state index contributed by atoms with van der Waals surface area (Å²) < 4.78 is 20.6. The molecular formula is C23H21NO7. The molecule has 8 heteroatoms. The Bertz CT molecular complexity index is 1100. The second-order valence-electron chi connectivity index (χ2n) is 6.49. The number of rotatable bonds is 8. The molecule has 0 radical (unpaired) electrons. The number of Topliss-reactive ketones (excluding diaryl/α,β-unsaturated/α-hetero) is 1. The Hall–Kier alpha value is -4.07. The van der Waals surface area contributed by atoms with E-state index in [4.69, 9.17) is 18.6 Å². The Morgan fingerprint density at radius 1 is 0.968 bits per heavy atom. The zero-order valence-corrected chi connectivity index (χ0v) is 17.3. The minimum atomic E-state index is -0.751.